The Bertz CT molecular complexity index is 2300. The van der Waals surface area contributed by atoms with Gasteiger partial charge in [-0.3, -0.25) is 0 Å². The maximum absolute atomic E-state index is 2.48. The van der Waals surface area contributed by atoms with Crippen LogP contribution >= 0.6 is 0 Å². The summed E-state index contributed by atoms with van der Waals surface area (Å²) >= 11 is 0. The minimum atomic E-state index is -0.209. The topological polar surface area (TPSA) is 3.24 Å². The van der Waals surface area contributed by atoms with Gasteiger partial charge in [-0.15, -0.1) is 0 Å². The van der Waals surface area contributed by atoms with E-state index in [0.29, 0.717) is 0 Å². The van der Waals surface area contributed by atoms with Gasteiger partial charge in [0.2, 0.25) is 0 Å². The van der Waals surface area contributed by atoms with Crippen molar-refractivity contribution < 1.29 is 0 Å². The highest BCUT2D eigenvalue weighted by molar-refractivity contribution is 6.11. The van der Waals surface area contributed by atoms with E-state index in [4.69, 9.17) is 0 Å². The first-order chi connectivity index (χ1) is 22.9. The van der Waals surface area contributed by atoms with Crippen LogP contribution in [0.2, 0.25) is 0 Å². The van der Waals surface area contributed by atoms with E-state index in [1.807, 2.05) is 0 Å². The molecule has 0 atom stereocenters. The summed E-state index contributed by atoms with van der Waals surface area (Å²) in [5.41, 5.74) is 16.7. The second-order valence-electron chi connectivity index (χ2n) is 14.2. The van der Waals surface area contributed by atoms with Gasteiger partial charge in [0.1, 0.15) is 0 Å². The number of nitrogens with zero attached hydrogens (tertiary/aromatic N) is 1. The molecule has 0 N–H and O–H groups in total. The highest BCUT2D eigenvalue weighted by atomic mass is 15.1. The predicted octanol–water partition coefficient (Wildman–Crippen LogP) is 12.6. The van der Waals surface area contributed by atoms with E-state index in [9.17, 15) is 0 Å². The molecule has 7 aromatic rings. The van der Waals surface area contributed by atoms with Crippen molar-refractivity contribution in [2.24, 2.45) is 0 Å². The van der Waals surface area contributed by atoms with Gasteiger partial charge >= 0.3 is 0 Å². The fraction of sp³-hybridized carbons (Fsp3) is 0.130. The molecule has 226 valence electrons. The van der Waals surface area contributed by atoms with Gasteiger partial charge in [0, 0.05) is 27.8 Å². The van der Waals surface area contributed by atoms with Gasteiger partial charge in [0.05, 0.1) is 5.69 Å². The standard InChI is InChI=1S/C46H37N/c1-45(2)38-23-12-11-20-35(38)36-27-25-31(29-40(36)45)34-21-14-22-37-43-41(47(32-16-7-5-8-17-32)33-18-9-6-10-19-33)28-26-30-15-13-24-39(42(30)43)46(3,4)44(34)37/h5-29H,1-4H3. The zero-order chi connectivity index (χ0) is 31.9. The maximum Gasteiger partial charge on any atom is 0.0546 e. The fourth-order valence-electron chi connectivity index (χ4n) is 8.61. The van der Waals surface area contributed by atoms with E-state index >= 15 is 0 Å². The molecule has 0 radical (unpaired) electrons. The van der Waals surface area contributed by atoms with E-state index in [1.165, 1.54) is 72.1 Å². The summed E-state index contributed by atoms with van der Waals surface area (Å²) in [6.45, 7) is 9.58. The van der Waals surface area contributed by atoms with Crippen LogP contribution in [0.5, 0.6) is 0 Å². The smallest absolute Gasteiger partial charge is 0.0546 e. The number of hydrogen-bond acceptors (Lipinski definition) is 1. The Labute approximate surface area is 277 Å². The highest BCUT2D eigenvalue weighted by Crippen LogP contribution is 2.56. The van der Waals surface area contributed by atoms with Crippen LogP contribution in [-0.2, 0) is 10.8 Å². The zero-order valence-corrected chi connectivity index (χ0v) is 27.4. The quantitative estimate of drug-likeness (QED) is 0.193. The summed E-state index contributed by atoms with van der Waals surface area (Å²) < 4.78 is 0. The normalized spacial score (nSPS) is 14.7. The SMILES string of the molecule is CC1(C)c2ccccc2-c2ccc(-c3cccc4c3C(C)(C)c3cccc5ccc(N(c6ccccc6)c6ccccc6)c-4c35)cc21. The van der Waals surface area contributed by atoms with E-state index in [0.717, 1.165) is 11.4 Å². The third-order valence-electron chi connectivity index (χ3n) is 10.8. The van der Waals surface area contributed by atoms with Crippen molar-refractivity contribution >= 4 is 27.8 Å². The number of para-hydroxylation sites is 2. The molecule has 9 rings (SSSR count). The number of hydrogen-bond donors (Lipinski definition) is 0. The Morgan fingerprint density at radius 2 is 1.02 bits per heavy atom. The minimum Gasteiger partial charge on any atom is -0.310 e. The molecule has 0 spiro atoms. The lowest BCUT2D eigenvalue weighted by molar-refractivity contribution is 0.646. The summed E-state index contributed by atoms with van der Waals surface area (Å²) in [4.78, 5) is 2.43. The van der Waals surface area contributed by atoms with Gasteiger partial charge in [-0.25, -0.2) is 0 Å². The van der Waals surface area contributed by atoms with E-state index in [1.54, 1.807) is 0 Å². The lowest BCUT2D eigenvalue weighted by atomic mass is 9.66. The molecule has 2 aliphatic rings. The molecule has 47 heavy (non-hydrogen) atoms. The van der Waals surface area contributed by atoms with E-state index in [-0.39, 0.29) is 10.8 Å². The second kappa shape index (κ2) is 10.0. The summed E-state index contributed by atoms with van der Waals surface area (Å²) in [6.07, 6.45) is 0. The van der Waals surface area contributed by atoms with Crippen LogP contribution in [0, 0.1) is 0 Å². The van der Waals surface area contributed by atoms with Crippen molar-refractivity contribution in [2.75, 3.05) is 4.90 Å². The first-order valence-corrected chi connectivity index (χ1v) is 16.7. The third kappa shape index (κ3) is 3.96. The van der Waals surface area contributed by atoms with Crippen molar-refractivity contribution in [1.29, 1.82) is 0 Å². The van der Waals surface area contributed by atoms with Crippen molar-refractivity contribution in [3.63, 3.8) is 0 Å². The number of benzene rings is 7. The summed E-state index contributed by atoms with van der Waals surface area (Å²) in [6, 6.07) is 56.1. The van der Waals surface area contributed by atoms with Crippen molar-refractivity contribution in [2.45, 2.75) is 38.5 Å². The Morgan fingerprint density at radius 3 is 1.77 bits per heavy atom. The average molecular weight is 604 g/mol. The van der Waals surface area contributed by atoms with Crippen LogP contribution in [0.25, 0.3) is 44.2 Å². The monoisotopic (exact) mass is 603 g/mol. The predicted molar refractivity (Wildman–Crippen MR) is 199 cm³/mol. The molecule has 0 amide bonds. The van der Waals surface area contributed by atoms with Gasteiger partial charge in [0.25, 0.3) is 0 Å². The molecular weight excluding hydrogens is 567 g/mol. The fourth-order valence-corrected chi connectivity index (χ4v) is 8.61. The average Bonchev–Trinajstić information content (AvgIpc) is 3.34. The van der Waals surface area contributed by atoms with Crippen LogP contribution in [-0.4, -0.2) is 0 Å². The number of fused-ring (bicyclic) bond motifs is 5. The van der Waals surface area contributed by atoms with E-state index in [2.05, 4.69) is 184 Å². The molecular formula is C46H37N. The molecule has 0 heterocycles. The number of rotatable bonds is 4. The first-order valence-electron chi connectivity index (χ1n) is 16.7. The summed E-state index contributed by atoms with van der Waals surface area (Å²) in [7, 11) is 0. The molecule has 2 aliphatic carbocycles. The van der Waals surface area contributed by atoms with Crippen molar-refractivity contribution in [1.82, 2.24) is 0 Å². The first kappa shape index (κ1) is 27.9. The van der Waals surface area contributed by atoms with Gasteiger partial charge in [0.15, 0.2) is 0 Å². The van der Waals surface area contributed by atoms with Crippen molar-refractivity contribution in [3.05, 3.63) is 174 Å². The van der Waals surface area contributed by atoms with Gasteiger partial charge in [-0.2, -0.15) is 0 Å². The summed E-state index contributed by atoms with van der Waals surface area (Å²) in [5.74, 6) is 0. The molecule has 0 fully saturated rings. The van der Waals surface area contributed by atoms with Crippen LogP contribution < -0.4 is 4.90 Å². The largest absolute Gasteiger partial charge is 0.310 e. The lowest BCUT2D eigenvalue weighted by Gasteiger charge is -2.39. The second-order valence-corrected chi connectivity index (χ2v) is 14.2. The van der Waals surface area contributed by atoms with Gasteiger partial charge in [-0.1, -0.05) is 143 Å². The van der Waals surface area contributed by atoms with Crippen LogP contribution in [0.15, 0.2) is 152 Å². The molecule has 7 aromatic carbocycles. The van der Waals surface area contributed by atoms with Gasteiger partial charge < -0.3 is 4.90 Å². The van der Waals surface area contributed by atoms with E-state index < -0.39 is 0 Å². The van der Waals surface area contributed by atoms with Crippen molar-refractivity contribution in [3.8, 4) is 33.4 Å². The molecule has 1 nitrogen and oxygen atoms in total. The molecule has 0 aliphatic heterocycles. The Morgan fingerprint density at radius 1 is 0.426 bits per heavy atom. The third-order valence-corrected chi connectivity index (χ3v) is 10.8. The van der Waals surface area contributed by atoms with Crippen LogP contribution in [0.4, 0.5) is 17.1 Å². The molecule has 0 aromatic heterocycles. The Balaban J connectivity index is 1.33. The lowest BCUT2D eigenvalue weighted by Crippen LogP contribution is -2.25. The van der Waals surface area contributed by atoms with Crippen LogP contribution in [0.3, 0.4) is 0 Å². The molecule has 0 saturated heterocycles. The summed E-state index contributed by atoms with van der Waals surface area (Å²) in [5, 5.41) is 2.63. The molecule has 0 bridgehead atoms. The Hall–Kier alpha value is -5.40. The highest BCUT2D eigenvalue weighted by Gasteiger charge is 2.39. The van der Waals surface area contributed by atoms with Crippen LogP contribution in [0.1, 0.15) is 49.9 Å². The Kier molecular flexibility index (Phi) is 5.96. The minimum absolute atomic E-state index is 0.0521. The van der Waals surface area contributed by atoms with Gasteiger partial charge in [-0.05, 0) is 97.2 Å². The maximum atomic E-state index is 2.48. The zero-order valence-electron chi connectivity index (χ0n) is 27.4. The number of anilines is 3. The molecule has 1 heteroatoms. The molecule has 0 saturated carbocycles. The molecule has 0 unspecified atom stereocenters.